The quantitative estimate of drug-likeness (QED) is 0.762. The van der Waals surface area contributed by atoms with Gasteiger partial charge in [-0.05, 0) is 38.5 Å². The molecule has 1 unspecified atom stereocenters. The van der Waals surface area contributed by atoms with Crippen LogP contribution in [0.25, 0.3) is 0 Å². The van der Waals surface area contributed by atoms with Gasteiger partial charge in [-0.1, -0.05) is 0 Å². The monoisotopic (exact) mass is 182 g/mol. The first-order chi connectivity index (χ1) is 5.91. The predicted molar refractivity (Wildman–Crippen MR) is 51.0 cm³/mol. The Hall–Kier alpha value is -0.960. The first kappa shape index (κ1) is 10.1. The topological polar surface area (TPSA) is 38.9 Å². The highest BCUT2D eigenvalue weighted by atomic mass is 19.1. The number of nitrogens with two attached hydrogens (primary N) is 1. The Balaban J connectivity index is 3.06. The molecule has 72 valence electrons. The molecule has 2 nitrogen and oxygen atoms in total. The summed E-state index contributed by atoms with van der Waals surface area (Å²) in [7, 11) is 0. The van der Waals surface area contributed by atoms with Crippen LogP contribution < -0.4 is 5.73 Å². The van der Waals surface area contributed by atoms with Gasteiger partial charge in [0.05, 0.1) is 5.69 Å². The van der Waals surface area contributed by atoms with Gasteiger partial charge in [-0.3, -0.25) is 4.98 Å². The number of hydrogen-bond acceptors (Lipinski definition) is 2. The van der Waals surface area contributed by atoms with Crippen LogP contribution in [0.3, 0.4) is 0 Å². The second-order valence-electron chi connectivity index (χ2n) is 3.74. The molecule has 0 radical (unpaired) electrons. The van der Waals surface area contributed by atoms with Crippen molar-refractivity contribution in [2.24, 2.45) is 5.73 Å². The van der Waals surface area contributed by atoms with Crippen molar-refractivity contribution in [1.82, 2.24) is 4.98 Å². The minimum Gasteiger partial charge on any atom is -0.324 e. The van der Waals surface area contributed by atoms with Crippen LogP contribution in [0.2, 0.25) is 0 Å². The third-order valence-corrected chi connectivity index (χ3v) is 1.92. The van der Waals surface area contributed by atoms with Gasteiger partial charge in [0.25, 0.3) is 0 Å². The van der Waals surface area contributed by atoms with E-state index in [1.165, 1.54) is 13.8 Å². The molecule has 1 aromatic heterocycles. The summed E-state index contributed by atoms with van der Waals surface area (Å²) in [6.07, 6.45) is 1.59. The molecule has 0 bridgehead atoms. The van der Waals surface area contributed by atoms with Gasteiger partial charge in [-0.25, -0.2) is 4.39 Å². The van der Waals surface area contributed by atoms with E-state index >= 15 is 0 Å². The number of hydrogen-bond donors (Lipinski definition) is 1. The highest BCUT2D eigenvalue weighted by Gasteiger charge is 2.20. The number of halogens is 1. The Labute approximate surface area is 78.0 Å². The van der Waals surface area contributed by atoms with E-state index in [4.69, 9.17) is 5.73 Å². The second-order valence-corrected chi connectivity index (χ2v) is 3.74. The fourth-order valence-electron chi connectivity index (χ4n) is 1.06. The number of pyridine rings is 1. The van der Waals surface area contributed by atoms with Crippen molar-refractivity contribution in [3.63, 3.8) is 0 Å². The van der Waals surface area contributed by atoms with Gasteiger partial charge in [-0.15, -0.1) is 0 Å². The standard InChI is InChI=1S/C10H15FN2/c1-7(12)8-4-5-13-9(6-8)10(2,3)11/h4-7H,12H2,1-3H3. The highest BCUT2D eigenvalue weighted by Crippen LogP contribution is 2.23. The van der Waals surface area contributed by atoms with E-state index in [1.807, 2.05) is 6.92 Å². The van der Waals surface area contributed by atoms with Crippen LogP contribution in [0, 0.1) is 0 Å². The molecule has 0 aromatic carbocycles. The maximum Gasteiger partial charge on any atom is 0.147 e. The molecule has 3 heteroatoms. The van der Waals surface area contributed by atoms with Crippen molar-refractivity contribution in [3.05, 3.63) is 29.6 Å². The summed E-state index contributed by atoms with van der Waals surface area (Å²) in [5.74, 6) is 0. The molecule has 0 fully saturated rings. The third-order valence-electron chi connectivity index (χ3n) is 1.92. The van der Waals surface area contributed by atoms with Gasteiger partial charge in [-0.2, -0.15) is 0 Å². The van der Waals surface area contributed by atoms with E-state index in [0.717, 1.165) is 5.56 Å². The van der Waals surface area contributed by atoms with Gasteiger partial charge < -0.3 is 5.73 Å². The smallest absolute Gasteiger partial charge is 0.147 e. The van der Waals surface area contributed by atoms with Crippen molar-refractivity contribution in [1.29, 1.82) is 0 Å². The number of nitrogens with zero attached hydrogens (tertiary/aromatic N) is 1. The number of aromatic nitrogens is 1. The average molecular weight is 182 g/mol. The van der Waals surface area contributed by atoms with Crippen molar-refractivity contribution < 1.29 is 4.39 Å². The second kappa shape index (κ2) is 3.42. The molecule has 2 N–H and O–H groups in total. The van der Waals surface area contributed by atoms with Crippen molar-refractivity contribution in [2.45, 2.75) is 32.5 Å². The molecular formula is C10H15FN2. The maximum atomic E-state index is 13.5. The molecule has 1 aromatic rings. The Morgan fingerprint density at radius 3 is 2.62 bits per heavy atom. The summed E-state index contributed by atoms with van der Waals surface area (Å²) in [6.45, 7) is 4.84. The molecule has 0 saturated carbocycles. The van der Waals surface area contributed by atoms with Gasteiger partial charge in [0.15, 0.2) is 0 Å². The molecule has 0 amide bonds. The zero-order chi connectivity index (χ0) is 10.1. The zero-order valence-electron chi connectivity index (χ0n) is 8.21. The van der Waals surface area contributed by atoms with Gasteiger partial charge in [0.2, 0.25) is 0 Å². The Bertz CT molecular complexity index is 289. The van der Waals surface area contributed by atoms with Crippen LogP contribution in [-0.2, 0) is 5.67 Å². The zero-order valence-corrected chi connectivity index (χ0v) is 8.21. The Morgan fingerprint density at radius 1 is 1.54 bits per heavy atom. The van der Waals surface area contributed by atoms with Crippen molar-refractivity contribution in [2.75, 3.05) is 0 Å². The lowest BCUT2D eigenvalue weighted by Gasteiger charge is -2.15. The van der Waals surface area contributed by atoms with Gasteiger partial charge >= 0.3 is 0 Å². The molecule has 0 saturated heterocycles. The van der Waals surface area contributed by atoms with E-state index in [0.29, 0.717) is 5.69 Å². The van der Waals surface area contributed by atoms with Crippen molar-refractivity contribution in [3.8, 4) is 0 Å². The molecule has 1 rings (SSSR count). The van der Waals surface area contributed by atoms with Crippen LogP contribution in [0.1, 0.15) is 38.1 Å². The average Bonchev–Trinajstić information content (AvgIpc) is 2.03. The summed E-state index contributed by atoms with van der Waals surface area (Å²) >= 11 is 0. The first-order valence-corrected chi connectivity index (χ1v) is 4.32. The molecule has 13 heavy (non-hydrogen) atoms. The fourth-order valence-corrected chi connectivity index (χ4v) is 1.06. The molecule has 0 spiro atoms. The molecule has 1 heterocycles. The summed E-state index contributed by atoms with van der Waals surface area (Å²) in [6, 6.07) is 3.44. The largest absolute Gasteiger partial charge is 0.324 e. The molecule has 0 aliphatic rings. The minimum absolute atomic E-state index is 0.0795. The van der Waals surface area contributed by atoms with Crippen LogP contribution in [0.5, 0.6) is 0 Å². The summed E-state index contributed by atoms with van der Waals surface area (Å²) in [5.41, 5.74) is 5.62. The van der Waals surface area contributed by atoms with Gasteiger partial charge in [0.1, 0.15) is 5.67 Å². The Morgan fingerprint density at radius 2 is 2.15 bits per heavy atom. The van der Waals surface area contributed by atoms with Gasteiger partial charge in [0, 0.05) is 12.2 Å². The molecule has 0 aliphatic heterocycles. The van der Waals surface area contributed by atoms with E-state index in [2.05, 4.69) is 4.98 Å². The summed E-state index contributed by atoms with van der Waals surface area (Å²) in [4.78, 5) is 3.96. The third kappa shape index (κ3) is 2.49. The SMILES string of the molecule is CC(N)c1ccnc(C(C)(C)F)c1. The van der Waals surface area contributed by atoms with E-state index < -0.39 is 5.67 Å². The molecular weight excluding hydrogens is 167 g/mol. The normalized spacial score (nSPS) is 14.2. The summed E-state index contributed by atoms with van der Waals surface area (Å²) < 4.78 is 13.5. The molecule has 1 atom stereocenters. The lowest BCUT2D eigenvalue weighted by atomic mass is 10.0. The van der Waals surface area contributed by atoms with Crippen LogP contribution in [0.15, 0.2) is 18.3 Å². The number of alkyl halides is 1. The van der Waals surface area contributed by atoms with Crippen molar-refractivity contribution >= 4 is 0 Å². The van der Waals surface area contributed by atoms with E-state index in [-0.39, 0.29) is 6.04 Å². The van der Waals surface area contributed by atoms with E-state index in [1.54, 1.807) is 18.3 Å². The number of rotatable bonds is 2. The lowest BCUT2D eigenvalue weighted by molar-refractivity contribution is 0.214. The predicted octanol–water partition coefficient (Wildman–Crippen LogP) is 2.31. The van der Waals surface area contributed by atoms with Crippen LogP contribution in [0.4, 0.5) is 4.39 Å². The fraction of sp³-hybridized carbons (Fsp3) is 0.500. The first-order valence-electron chi connectivity index (χ1n) is 4.32. The maximum absolute atomic E-state index is 13.5. The van der Waals surface area contributed by atoms with E-state index in [9.17, 15) is 4.39 Å². The minimum atomic E-state index is -1.40. The molecule has 0 aliphatic carbocycles. The summed E-state index contributed by atoms with van der Waals surface area (Å²) in [5, 5.41) is 0. The highest BCUT2D eigenvalue weighted by molar-refractivity contribution is 5.22. The van der Waals surface area contributed by atoms with Crippen LogP contribution >= 0.6 is 0 Å². The lowest BCUT2D eigenvalue weighted by Crippen LogP contribution is -2.13. The Kier molecular flexibility index (Phi) is 2.66. The van der Waals surface area contributed by atoms with Crippen LogP contribution in [-0.4, -0.2) is 4.98 Å².